The van der Waals surface area contributed by atoms with Gasteiger partial charge in [0.1, 0.15) is 11.5 Å². The smallest absolute Gasteiger partial charge is 0.267 e. The Kier molecular flexibility index (Phi) is 4.61. The highest BCUT2D eigenvalue weighted by atomic mass is 16.5. The molecule has 6 heteroatoms. The maximum Gasteiger partial charge on any atom is 0.267 e. The number of carbonyl (C=O) groups excluding carboxylic acids is 2. The van der Waals surface area contributed by atoms with Crippen molar-refractivity contribution >= 4 is 23.2 Å². The zero-order valence-corrected chi connectivity index (χ0v) is 14.2. The lowest BCUT2D eigenvalue weighted by Crippen LogP contribution is -2.45. The molecular formula is C19H20N2O4. The van der Waals surface area contributed by atoms with Crippen LogP contribution in [0.15, 0.2) is 42.5 Å². The summed E-state index contributed by atoms with van der Waals surface area (Å²) in [5.41, 5.74) is 2.10. The van der Waals surface area contributed by atoms with Crippen LogP contribution in [0.3, 0.4) is 0 Å². The van der Waals surface area contributed by atoms with E-state index in [2.05, 4.69) is 5.32 Å². The van der Waals surface area contributed by atoms with E-state index in [1.54, 1.807) is 36.9 Å². The summed E-state index contributed by atoms with van der Waals surface area (Å²) >= 11 is 0. The summed E-state index contributed by atoms with van der Waals surface area (Å²) < 4.78 is 5.59. The van der Waals surface area contributed by atoms with Crippen LogP contribution in [0.2, 0.25) is 0 Å². The van der Waals surface area contributed by atoms with Gasteiger partial charge in [-0.15, -0.1) is 0 Å². The number of phenols is 1. The van der Waals surface area contributed by atoms with Gasteiger partial charge >= 0.3 is 0 Å². The van der Waals surface area contributed by atoms with E-state index < -0.39 is 6.10 Å². The molecule has 2 amide bonds. The number of nitrogens with one attached hydrogen (secondary N) is 1. The van der Waals surface area contributed by atoms with Gasteiger partial charge in [-0.3, -0.25) is 9.59 Å². The average molecular weight is 340 g/mol. The van der Waals surface area contributed by atoms with E-state index in [1.165, 1.54) is 6.07 Å². The Labute approximate surface area is 146 Å². The maximum absolute atomic E-state index is 12.4. The number of phenolic OH excluding ortho intramolecular Hbond substituents is 1. The first-order valence-electron chi connectivity index (χ1n) is 8.12. The Morgan fingerprint density at radius 2 is 2.04 bits per heavy atom. The van der Waals surface area contributed by atoms with E-state index in [-0.39, 0.29) is 30.5 Å². The number of anilines is 2. The number of hydrogen-bond donors (Lipinski definition) is 2. The predicted molar refractivity (Wildman–Crippen MR) is 95.0 cm³/mol. The van der Waals surface area contributed by atoms with Crippen LogP contribution in [0.25, 0.3) is 0 Å². The monoisotopic (exact) mass is 340 g/mol. The van der Waals surface area contributed by atoms with E-state index in [1.807, 2.05) is 18.2 Å². The molecule has 3 rings (SSSR count). The van der Waals surface area contributed by atoms with Gasteiger partial charge in [-0.2, -0.15) is 0 Å². The molecule has 1 unspecified atom stereocenters. The Hall–Kier alpha value is -3.02. The number of para-hydroxylation sites is 2. The number of nitrogens with zero attached hydrogens (tertiary/aromatic N) is 1. The third-order valence-electron chi connectivity index (χ3n) is 4.12. The molecule has 0 radical (unpaired) electrons. The van der Waals surface area contributed by atoms with Crippen molar-refractivity contribution < 1.29 is 19.4 Å². The molecule has 2 N–H and O–H groups in total. The first-order chi connectivity index (χ1) is 12.0. The number of fused-ring (bicyclic) bond motifs is 1. The van der Waals surface area contributed by atoms with Crippen LogP contribution in [0.1, 0.15) is 18.9 Å². The van der Waals surface area contributed by atoms with Gasteiger partial charge in [0.05, 0.1) is 5.69 Å². The van der Waals surface area contributed by atoms with Gasteiger partial charge in [-0.1, -0.05) is 12.1 Å². The minimum atomic E-state index is -0.572. The third-order valence-corrected chi connectivity index (χ3v) is 4.12. The number of aryl methyl sites for hydroxylation is 1. The van der Waals surface area contributed by atoms with Crippen molar-refractivity contribution in [2.24, 2.45) is 0 Å². The number of amides is 2. The summed E-state index contributed by atoms with van der Waals surface area (Å²) in [5, 5.41) is 12.2. The fourth-order valence-electron chi connectivity index (χ4n) is 2.80. The lowest BCUT2D eigenvalue weighted by Gasteiger charge is -2.32. The quantitative estimate of drug-likeness (QED) is 0.839. The normalized spacial score (nSPS) is 16.2. The minimum Gasteiger partial charge on any atom is -0.508 e. The van der Waals surface area contributed by atoms with E-state index in [0.29, 0.717) is 17.1 Å². The minimum absolute atomic E-state index is 0.153. The second-order valence-electron chi connectivity index (χ2n) is 6.02. The van der Waals surface area contributed by atoms with Crippen molar-refractivity contribution in [3.05, 3.63) is 48.0 Å². The number of ether oxygens (including phenoxy) is 1. The predicted octanol–water partition coefficient (Wildman–Crippen LogP) is 2.84. The molecule has 1 aliphatic rings. The first kappa shape index (κ1) is 16.8. The van der Waals surface area contributed by atoms with E-state index >= 15 is 0 Å². The molecule has 1 atom stereocenters. The van der Waals surface area contributed by atoms with Crippen LogP contribution < -0.4 is 15.0 Å². The molecular weight excluding hydrogens is 320 g/mol. The van der Waals surface area contributed by atoms with Crippen LogP contribution in [0.4, 0.5) is 11.4 Å². The van der Waals surface area contributed by atoms with E-state index in [9.17, 15) is 14.7 Å². The Bertz CT molecular complexity index is 819. The van der Waals surface area contributed by atoms with Gasteiger partial charge < -0.3 is 20.1 Å². The van der Waals surface area contributed by atoms with Crippen LogP contribution in [0, 0.1) is 6.92 Å². The van der Waals surface area contributed by atoms with E-state index in [0.717, 1.165) is 5.56 Å². The zero-order chi connectivity index (χ0) is 18.0. The molecule has 0 saturated heterocycles. The van der Waals surface area contributed by atoms with Crippen LogP contribution >= 0.6 is 0 Å². The van der Waals surface area contributed by atoms with Gasteiger partial charge in [0.25, 0.3) is 5.91 Å². The third kappa shape index (κ3) is 3.57. The summed E-state index contributed by atoms with van der Waals surface area (Å²) in [6, 6.07) is 12.1. The molecule has 0 saturated carbocycles. The number of carbonyl (C=O) groups is 2. The summed E-state index contributed by atoms with van der Waals surface area (Å²) in [4.78, 5) is 26.2. The standard InChI is InChI=1S/C19H20N2O4/c1-12-11-14(22)7-8-15(12)20-18(23)9-10-21-16-5-3-4-6-17(16)25-13(2)19(21)24/h3-8,11,13,22H,9-10H2,1-2H3,(H,20,23). The lowest BCUT2D eigenvalue weighted by molar-refractivity contribution is -0.125. The first-order valence-corrected chi connectivity index (χ1v) is 8.12. The van der Waals surface area contributed by atoms with E-state index in [4.69, 9.17) is 4.74 Å². The van der Waals surface area contributed by atoms with Crippen molar-refractivity contribution in [3.63, 3.8) is 0 Å². The van der Waals surface area contributed by atoms with Gasteiger partial charge in [-0.05, 0) is 49.7 Å². The SMILES string of the molecule is Cc1cc(O)ccc1NC(=O)CCN1C(=O)C(C)Oc2ccccc21. The Morgan fingerprint density at radius 3 is 2.80 bits per heavy atom. The van der Waals surface area contributed by atoms with Gasteiger partial charge in [-0.25, -0.2) is 0 Å². The summed E-state index contributed by atoms with van der Waals surface area (Å²) in [6.45, 7) is 3.77. The molecule has 130 valence electrons. The fraction of sp³-hybridized carbons (Fsp3) is 0.263. The van der Waals surface area contributed by atoms with Crippen molar-refractivity contribution in [1.82, 2.24) is 0 Å². The topological polar surface area (TPSA) is 78.9 Å². The van der Waals surface area contributed by atoms with Crippen LogP contribution in [-0.2, 0) is 9.59 Å². The summed E-state index contributed by atoms with van der Waals surface area (Å²) in [7, 11) is 0. The zero-order valence-electron chi connectivity index (χ0n) is 14.2. The second-order valence-corrected chi connectivity index (χ2v) is 6.02. The van der Waals surface area contributed by atoms with Crippen molar-refractivity contribution in [3.8, 4) is 11.5 Å². The number of rotatable bonds is 4. The summed E-state index contributed by atoms with van der Waals surface area (Å²) in [6.07, 6.45) is -0.412. The molecule has 0 bridgehead atoms. The molecule has 1 heterocycles. The molecule has 25 heavy (non-hydrogen) atoms. The van der Waals surface area contributed by atoms with Crippen LogP contribution in [0.5, 0.6) is 11.5 Å². The molecule has 1 aliphatic heterocycles. The van der Waals surface area contributed by atoms with Crippen molar-refractivity contribution in [2.45, 2.75) is 26.4 Å². The highest BCUT2D eigenvalue weighted by molar-refractivity contribution is 6.00. The van der Waals surface area contributed by atoms with Crippen molar-refractivity contribution in [1.29, 1.82) is 0 Å². The largest absolute Gasteiger partial charge is 0.508 e. The highest BCUT2D eigenvalue weighted by Crippen LogP contribution is 2.33. The van der Waals surface area contributed by atoms with Gasteiger partial charge in [0.15, 0.2) is 6.10 Å². The molecule has 0 aromatic heterocycles. The summed E-state index contributed by atoms with van der Waals surface area (Å²) in [5.74, 6) is 0.440. The Morgan fingerprint density at radius 1 is 1.28 bits per heavy atom. The number of aromatic hydroxyl groups is 1. The fourth-order valence-corrected chi connectivity index (χ4v) is 2.80. The molecule has 6 nitrogen and oxygen atoms in total. The molecule has 0 spiro atoms. The van der Waals surface area contributed by atoms with Crippen molar-refractivity contribution in [2.75, 3.05) is 16.8 Å². The highest BCUT2D eigenvalue weighted by Gasteiger charge is 2.31. The molecule has 2 aromatic carbocycles. The number of hydrogen-bond acceptors (Lipinski definition) is 4. The lowest BCUT2D eigenvalue weighted by atomic mass is 10.1. The molecule has 0 aliphatic carbocycles. The molecule has 0 fully saturated rings. The van der Waals surface area contributed by atoms with Gasteiger partial charge in [0, 0.05) is 18.7 Å². The average Bonchev–Trinajstić information content (AvgIpc) is 2.58. The second kappa shape index (κ2) is 6.84. The van der Waals surface area contributed by atoms with Crippen LogP contribution in [-0.4, -0.2) is 29.6 Å². The maximum atomic E-state index is 12.4. The molecule has 2 aromatic rings. The Balaban J connectivity index is 1.68. The van der Waals surface area contributed by atoms with Gasteiger partial charge in [0.2, 0.25) is 5.91 Å². The number of benzene rings is 2.